The number of hydrogen-bond donors (Lipinski definition) is 2. The summed E-state index contributed by atoms with van der Waals surface area (Å²) < 4.78 is 0. The summed E-state index contributed by atoms with van der Waals surface area (Å²) in [5, 5.41) is 3.30. The maximum absolute atomic E-state index is 5.62. The zero-order valence-corrected chi connectivity index (χ0v) is 9.64. The molecule has 0 aliphatic carbocycles. The van der Waals surface area contributed by atoms with E-state index in [0.717, 1.165) is 17.9 Å². The molecule has 0 aromatic heterocycles. The van der Waals surface area contributed by atoms with Gasteiger partial charge in [0.15, 0.2) is 0 Å². The zero-order chi connectivity index (χ0) is 11.9. The minimum atomic E-state index is 0.787. The van der Waals surface area contributed by atoms with Crippen molar-refractivity contribution >= 4 is 17.5 Å². The van der Waals surface area contributed by atoms with E-state index in [9.17, 15) is 0 Å². The number of nitrogen functional groups attached to an aromatic ring is 1. The lowest BCUT2D eigenvalue weighted by Crippen LogP contribution is -1.97. The Labute approximate surface area is 102 Å². The molecule has 2 aromatic carbocycles. The molecule has 0 unspecified atom stereocenters. The fourth-order valence-corrected chi connectivity index (χ4v) is 1.54. The van der Waals surface area contributed by atoms with Crippen LogP contribution in [0, 0.1) is 0 Å². The third-order valence-electron chi connectivity index (χ3n) is 2.44. The van der Waals surface area contributed by atoms with E-state index in [-0.39, 0.29) is 0 Å². The van der Waals surface area contributed by atoms with E-state index in [0.29, 0.717) is 0 Å². The molecule has 0 spiro atoms. The third-order valence-corrected chi connectivity index (χ3v) is 2.44. The van der Waals surface area contributed by atoms with Crippen LogP contribution >= 0.6 is 0 Å². The van der Waals surface area contributed by atoms with Crippen molar-refractivity contribution in [1.29, 1.82) is 0 Å². The number of hydrogen-bond acceptors (Lipinski definition) is 2. The summed E-state index contributed by atoms with van der Waals surface area (Å²) in [5.74, 6) is 0. The number of nitrogens with one attached hydrogen (secondary N) is 1. The Hall–Kier alpha value is -2.22. The minimum Gasteiger partial charge on any atom is -0.399 e. The first-order chi connectivity index (χ1) is 8.34. The first kappa shape index (κ1) is 11.3. The van der Waals surface area contributed by atoms with E-state index >= 15 is 0 Å². The number of anilines is 2. The first-order valence-electron chi connectivity index (χ1n) is 5.65. The number of nitrogens with two attached hydrogens (primary N) is 1. The number of benzene rings is 2. The second-order valence-electron chi connectivity index (χ2n) is 3.82. The highest BCUT2D eigenvalue weighted by molar-refractivity contribution is 5.53. The van der Waals surface area contributed by atoms with Crippen LogP contribution in [0.4, 0.5) is 11.4 Å². The summed E-state index contributed by atoms with van der Waals surface area (Å²) in [6.45, 7) is 0.804. The quantitative estimate of drug-likeness (QED) is 0.781. The number of rotatable bonds is 4. The van der Waals surface area contributed by atoms with Gasteiger partial charge in [0.1, 0.15) is 0 Å². The fraction of sp³-hybridized carbons (Fsp3) is 0.0667. The Morgan fingerprint density at radius 3 is 2.35 bits per heavy atom. The summed E-state index contributed by atoms with van der Waals surface area (Å²) in [5.41, 5.74) is 8.70. The van der Waals surface area contributed by atoms with Gasteiger partial charge in [-0.15, -0.1) is 0 Å². The highest BCUT2D eigenvalue weighted by atomic mass is 14.9. The Kier molecular flexibility index (Phi) is 3.81. The Balaban J connectivity index is 1.84. The Morgan fingerprint density at radius 2 is 1.65 bits per heavy atom. The molecule has 2 rings (SSSR count). The monoisotopic (exact) mass is 224 g/mol. The fourth-order valence-electron chi connectivity index (χ4n) is 1.54. The van der Waals surface area contributed by atoms with Gasteiger partial charge in [-0.1, -0.05) is 42.5 Å². The SMILES string of the molecule is Nc1ccc(NCC=Cc2ccccc2)cc1. The molecule has 0 radical (unpaired) electrons. The molecule has 0 fully saturated rings. The van der Waals surface area contributed by atoms with Crippen molar-refractivity contribution < 1.29 is 0 Å². The van der Waals surface area contributed by atoms with E-state index in [4.69, 9.17) is 5.73 Å². The molecular weight excluding hydrogens is 208 g/mol. The van der Waals surface area contributed by atoms with Gasteiger partial charge < -0.3 is 11.1 Å². The maximum Gasteiger partial charge on any atom is 0.0344 e. The molecule has 3 N–H and O–H groups in total. The molecule has 2 nitrogen and oxygen atoms in total. The molecule has 86 valence electrons. The van der Waals surface area contributed by atoms with Crippen LogP contribution < -0.4 is 11.1 Å². The summed E-state index contributed by atoms with van der Waals surface area (Å²) >= 11 is 0. The van der Waals surface area contributed by atoms with Crippen LogP contribution in [-0.4, -0.2) is 6.54 Å². The molecule has 0 aliphatic heterocycles. The molecule has 0 saturated carbocycles. The van der Waals surface area contributed by atoms with E-state index < -0.39 is 0 Å². The van der Waals surface area contributed by atoms with Gasteiger partial charge in [-0.2, -0.15) is 0 Å². The highest BCUT2D eigenvalue weighted by Gasteiger charge is 1.88. The second kappa shape index (κ2) is 5.75. The molecule has 0 saturated heterocycles. The molecule has 17 heavy (non-hydrogen) atoms. The molecular formula is C15H16N2. The lowest BCUT2D eigenvalue weighted by Gasteiger charge is -2.03. The predicted octanol–water partition coefficient (Wildman–Crippen LogP) is 3.39. The summed E-state index contributed by atoms with van der Waals surface area (Å²) in [7, 11) is 0. The van der Waals surface area contributed by atoms with E-state index in [1.807, 2.05) is 42.5 Å². The van der Waals surface area contributed by atoms with Crippen LogP contribution in [0.1, 0.15) is 5.56 Å². The molecule has 0 heterocycles. The van der Waals surface area contributed by atoms with Gasteiger partial charge in [0.25, 0.3) is 0 Å². The van der Waals surface area contributed by atoms with Crippen LogP contribution in [0.15, 0.2) is 60.7 Å². The molecule has 2 aromatic rings. The third kappa shape index (κ3) is 3.68. The minimum absolute atomic E-state index is 0.787. The van der Waals surface area contributed by atoms with Crippen molar-refractivity contribution in [3.05, 3.63) is 66.2 Å². The second-order valence-corrected chi connectivity index (χ2v) is 3.82. The first-order valence-corrected chi connectivity index (χ1v) is 5.65. The van der Waals surface area contributed by atoms with Crippen molar-refractivity contribution in [1.82, 2.24) is 0 Å². The predicted molar refractivity (Wildman–Crippen MR) is 74.8 cm³/mol. The average molecular weight is 224 g/mol. The molecule has 2 heteroatoms. The van der Waals surface area contributed by atoms with E-state index in [1.165, 1.54) is 5.56 Å². The van der Waals surface area contributed by atoms with Crippen molar-refractivity contribution in [2.24, 2.45) is 0 Å². The van der Waals surface area contributed by atoms with E-state index in [1.54, 1.807) is 0 Å². The van der Waals surface area contributed by atoms with Crippen LogP contribution in [0.5, 0.6) is 0 Å². The lowest BCUT2D eigenvalue weighted by atomic mass is 10.2. The maximum atomic E-state index is 5.62. The molecule has 0 aliphatic rings. The molecule has 0 bridgehead atoms. The highest BCUT2D eigenvalue weighted by Crippen LogP contribution is 2.10. The molecule has 0 amide bonds. The average Bonchev–Trinajstić information content (AvgIpc) is 2.38. The van der Waals surface area contributed by atoms with Crippen LogP contribution in [0.2, 0.25) is 0 Å². The topological polar surface area (TPSA) is 38.0 Å². The van der Waals surface area contributed by atoms with Gasteiger partial charge in [0.2, 0.25) is 0 Å². The lowest BCUT2D eigenvalue weighted by molar-refractivity contribution is 1.34. The van der Waals surface area contributed by atoms with Crippen molar-refractivity contribution in [3.63, 3.8) is 0 Å². The van der Waals surface area contributed by atoms with Crippen molar-refractivity contribution in [2.45, 2.75) is 0 Å². The Morgan fingerprint density at radius 1 is 0.941 bits per heavy atom. The molecule has 0 atom stereocenters. The smallest absolute Gasteiger partial charge is 0.0344 e. The summed E-state index contributed by atoms with van der Waals surface area (Å²) in [6, 6.07) is 18.0. The van der Waals surface area contributed by atoms with Crippen molar-refractivity contribution in [3.8, 4) is 0 Å². The summed E-state index contributed by atoms with van der Waals surface area (Å²) in [6.07, 6.45) is 4.20. The van der Waals surface area contributed by atoms with Gasteiger partial charge in [0, 0.05) is 17.9 Å². The normalized spacial score (nSPS) is 10.6. The van der Waals surface area contributed by atoms with Gasteiger partial charge in [-0.3, -0.25) is 0 Å². The van der Waals surface area contributed by atoms with E-state index in [2.05, 4.69) is 29.6 Å². The van der Waals surface area contributed by atoms with Crippen LogP contribution in [0.3, 0.4) is 0 Å². The van der Waals surface area contributed by atoms with Gasteiger partial charge in [-0.05, 0) is 29.8 Å². The van der Waals surface area contributed by atoms with Crippen molar-refractivity contribution in [2.75, 3.05) is 17.6 Å². The van der Waals surface area contributed by atoms with Gasteiger partial charge in [-0.25, -0.2) is 0 Å². The largest absolute Gasteiger partial charge is 0.399 e. The standard InChI is InChI=1S/C15H16N2/c16-14-8-10-15(11-9-14)17-12-4-7-13-5-2-1-3-6-13/h1-11,17H,12,16H2. The van der Waals surface area contributed by atoms with Crippen LogP contribution in [0.25, 0.3) is 6.08 Å². The Bertz CT molecular complexity index is 472. The summed E-state index contributed by atoms with van der Waals surface area (Å²) in [4.78, 5) is 0. The van der Waals surface area contributed by atoms with Gasteiger partial charge >= 0.3 is 0 Å². The van der Waals surface area contributed by atoms with Crippen LogP contribution in [-0.2, 0) is 0 Å². The zero-order valence-electron chi connectivity index (χ0n) is 9.64. The van der Waals surface area contributed by atoms with Gasteiger partial charge in [0.05, 0.1) is 0 Å².